The standard InChI is InChI=1S/C21H26FN3O4S/c1-2-12-30(27,28)25-11-5-7-17(15-25)20(26)24-14-16-6-4-10-23-21(16)29-19-9-3-8-18(22)13-19/h3-4,6,8-10,13,17H,2,5,7,11-12,14-15H2,1H3,(H,24,26)/t17-/m1/s1. The second-order valence-electron chi connectivity index (χ2n) is 7.26. The largest absolute Gasteiger partial charge is 0.439 e. The average Bonchev–Trinajstić information content (AvgIpc) is 2.73. The van der Waals surface area contributed by atoms with E-state index in [-0.39, 0.29) is 30.6 Å². The molecule has 1 saturated heterocycles. The third-order valence-corrected chi connectivity index (χ3v) is 6.97. The SMILES string of the molecule is CCCS(=O)(=O)N1CCC[C@@H](C(=O)NCc2cccnc2Oc2cccc(F)c2)C1. The molecule has 2 aromatic rings. The summed E-state index contributed by atoms with van der Waals surface area (Å²) in [7, 11) is -3.32. The fourth-order valence-electron chi connectivity index (χ4n) is 3.42. The molecule has 0 spiro atoms. The lowest BCUT2D eigenvalue weighted by Gasteiger charge is -2.31. The molecule has 9 heteroatoms. The van der Waals surface area contributed by atoms with Crippen LogP contribution in [0.1, 0.15) is 31.7 Å². The van der Waals surface area contributed by atoms with E-state index >= 15 is 0 Å². The lowest BCUT2D eigenvalue weighted by molar-refractivity contribution is -0.126. The number of pyridine rings is 1. The van der Waals surface area contributed by atoms with Crippen molar-refractivity contribution in [1.82, 2.24) is 14.6 Å². The number of rotatable bonds is 8. The van der Waals surface area contributed by atoms with Gasteiger partial charge in [0.25, 0.3) is 0 Å². The molecule has 1 fully saturated rings. The summed E-state index contributed by atoms with van der Waals surface area (Å²) in [5.74, 6) is -0.332. The van der Waals surface area contributed by atoms with Crippen LogP contribution in [-0.4, -0.2) is 42.5 Å². The second kappa shape index (κ2) is 9.99. The van der Waals surface area contributed by atoms with Crippen molar-refractivity contribution in [3.63, 3.8) is 0 Å². The van der Waals surface area contributed by atoms with Crippen LogP contribution >= 0.6 is 0 Å². The number of nitrogens with one attached hydrogen (secondary N) is 1. The number of amides is 1. The topological polar surface area (TPSA) is 88.6 Å². The molecule has 0 aliphatic carbocycles. The van der Waals surface area contributed by atoms with Crippen molar-refractivity contribution in [3.05, 3.63) is 54.0 Å². The third kappa shape index (κ3) is 5.76. The summed E-state index contributed by atoms with van der Waals surface area (Å²) in [6.07, 6.45) is 3.40. The summed E-state index contributed by atoms with van der Waals surface area (Å²) in [6, 6.07) is 9.22. The van der Waals surface area contributed by atoms with Crippen LogP contribution in [0.5, 0.6) is 11.6 Å². The van der Waals surface area contributed by atoms with Gasteiger partial charge in [0.2, 0.25) is 21.8 Å². The first-order valence-electron chi connectivity index (χ1n) is 10.0. The fourth-order valence-corrected chi connectivity index (χ4v) is 5.00. The molecule has 1 N–H and O–H groups in total. The van der Waals surface area contributed by atoms with Gasteiger partial charge in [0.15, 0.2) is 0 Å². The highest BCUT2D eigenvalue weighted by Gasteiger charge is 2.31. The molecule has 162 valence electrons. The maximum atomic E-state index is 13.4. The van der Waals surface area contributed by atoms with Gasteiger partial charge >= 0.3 is 0 Å². The monoisotopic (exact) mass is 435 g/mol. The number of sulfonamides is 1. The highest BCUT2D eigenvalue weighted by atomic mass is 32.2. The van der Waals surface area contributed by atoms with Crippen LogP contribution in [0.3, 0.4) is 0 Å². The molecule has 0 bridgehead atoms. The van der Waals surface area contributed by atoms with E-state index in [0.717, 1.165) is 0 Å². The highest BCUT2D eigenvalue weighted by molar-refractivity contribution is 7.89. The lowest BCUT2D eigenvalue weighted by atomic mass is 9.99. The maximum Gasteiger partial charge on any atom is 0.224 e. The minimum atomic E-state index is -3.32. The van der Waals surface area contributed by atoms with E-state index in [1.807, 2.05) is 6.92 Å². The van der Waals surface area contributed by atoms with Crippen LogP contribution in [-0.2, 0) is 21.4 Å². The van der Waals surface area contributed by atoms with E-state index in [1.54, 1.807) is 24.4 Å². The number of piperidine rings is 1. The zero-order valence-corrected chi connectivity index (χ0v) is 17.7. The quantitative estimate of drug-likeness (QED) is 0.688. The van der Waals surface area contributed by atoms with E-state index < -0.39 is 21.8 Å². The van der Waals surface area contributed by atoms with Gasteiger partial charge in [0, 0.05) is 37.5 Å². The molecule has 0 unspecified atom stereocenters. The van der Waals surface area contributed by atoms with Crippen LogP contribution < -0.4 is 10.1 Å². The van der Waals surface area contributed by atoms with Crippen molar-refractivity contribution >= 4 is 15.9 Å². The Morgan fingerprint density at radius 1 is 1.33 bits per heavy atom. The number of benzene rings is 1. The van der Waals surface area contributed by atoms with Gasteiger partial charge in [-0.05, 0) is 37.5 Å². The van der Waals surface area contributed by atoms with Gasteiger partial charge in [-0.1, -0.05) is 19.1 Å². The van der Waals surface area contributed by atoms with Crippen molar-refractivity contribution in [1.29, 1.82) is 0 Å². The Kier molecular flexibility index (Phi) is 7.38. The Hall–Kier alpha value is -2.52. The van der Waals surface area contributed by atoms with Crippen LogP contribution in [0.2, 0.25) is 0 Å². The van der Waals surface area contributed by atoms with Crippen molar-refractivity contribution < 1.29 is 22.3 Å². The highest BCUT2D eigenvalue weighted by Crippen LogP contribution is 2.24. The van der Waals surface area contributed by atoms with Crippen LogP contribution in [0, 0.1) is 11.7 Å². The molecule has 2 heterocycles. The summed E-state index contributed by atoms with van der Waals surface area (Å²) < 4.78 is 45.1. The lowest BCUT2D eigenvalue weighted by Crippen LogP contribution is -2.45. The molecule has 1 aromatic carbocycles. The number of nitrogens with zero attached hydrogens (tertiary/aromatic N) is 2. The number of halogens is 1. The molecule has 1 amide bonds. The molecule has 0 saturated carbocycles. The Bertz CT molecular complexity index is 984. The molecule has 1 atom stereocenters. The van der Waals surface area contributed by atoms with Crippen molar-refractivity contribution in [3.8, 4) is 11.6 Å². The first-order valence-corrected chi connectivity index (χ1v) is 11.6. The number of aromatic nitrogens is 1. The van der Waals surface area contributed by atoms with E-state index in [1.165, 1.54) is 22.5 Å². The van der Waals surface area contributed by atoms with Gasteiger partial charge in [-0.3, -0.25) is 4.79 Å². The zero-order chi connectivity index (χ0) is 21.6. The number of hydrogen-bond donors (Lipinski definition) is 1. The summed E-state index contributed by atoms with van der Waals surface area (Å²) in [5, 5.41) is 2.86. The van der Waals surface area contributed by atoms with Crippen molar-refractivity contribution in [2.75, 3.05) is 18.8 Å². The fraction of sp³-hybridized carbons (Fsp3) is 0.429. The van der Waals surface area contributed by atoms with Gasteiger partial charge in [0.1, 0.15) is 11.6 Å². The van der Waals surface area contributed by atoms with E-state index in [2.05, 4.69) is 10.3 Å². The van der Waals surface area contributed by atoms with Gasteiger partial charge in [0.05, 0.1) is 11.7 Å². The summed E-state index contributed by atoms with van der Waals surface area (Å²) >= 11 is 0. The molecule has 1 aromatic heterocycles. The summed E-state index contributed by atoms with van der Waals surface area (Å²) in [5.41, 5.74) is 0.640. The predicted octanol–water partition coefficient (Wildman–Crippen LogP) is 3.08. The molecule has 1 aliphatic heterocycles. The van der Waals surface area contributed by atoms with Crippen LogP contribution in [0.25, 0.3) is 0 Å². The minimum absolute atomic E-state index is 0.0950. The molecule has 30 heavy (non-hydrogen) atoms. The molecule has 1 aliphatic rings. The molecule has 3 rings (SSSR count). The van der Waals surface area contributed by atoms with E-state index in [4.69, 9.17) is 4.74 Å². The minimum Gasteiger partial charge on any atom is -0.439 e. The molecular weight excluding hydrogens is 409 g/mol. The van der Waals surface area contributed by atoms with Gasteiger partial charge in [-0.25, -0.2) is 22.1 Å². The molecular formula is C21H26FN3O4S. The van der Waals surface area contributed by atoms with Crippen molar-refractivity contribution in [2.24, 2.45) is 5.92 Å². The first kappa shape index (κ1) is 22.2. The zero-order valence-electron chi connectivity index (χ0n) is 16.9. The van der Waals surface area contributed by atoms with E-state index in [0.29, 0.717) is 37.1 Å². The van der Waals surface area contributed by atoms with Gasteiger partial charge in [-0.15, -0.1) is 0 Å². The maximum absolute atomic E-state index is 13.4. The molecule has 0 radical (unpaired) electrons. The van der Waals surface area contributed by atoms with Crippen LogP contribution in [0.4, 0.5) is 4.39 Å². The van der Waals surface area contributed by atoms with Crippen LogP contribution in [0.15, 0.2) is 42.6 Å². The number of ether oxygens (including phenoxy) is 1. The average molecular weight is 436 g/mol. The Morgan fingerprint density at radius 2 is 2.17 bits per heavy atom. The first-order chi connectivity index (χ1) is 14.4. The Morgan fingerprint density at radius 3 is 2.93 bits per heavy atom. The summed E-state index contributed by atoms with van der Waals surface area (Å²) in [6.45, 7) is 2.66. The normalized spacial score (nSPS) is 17.5. The van der Waals surface area contributed by atoms with Gasteiger partial charge in [-0.2, -0.15) is 0 Å². The second-order valence-corrected chi connectivity index (χ2v) is 9.35. The smallest absolute Gasteiger partial charge is 0.224 e. The number of hydrogen-bond acceptors (Lipinski definition) is 5. The van der Waals surface area contributed by atoms with Gasteiger partial charge < -0.3 is 10.1 Å². The van der Waals surface area contributed by atoms with E-state index in [9.17, 15) is 17.6 Å². The summed E-state index contributed by atoms with van der Waals surface area (Å²) in [4.78, 5) is 16.8. The third-order valence-electron chi connectivity index (χ3n) is 4.92. The molecule has 7 nitrogen and oxygen atoms in total. The predicted molar refractivity (Wildman–Crippen MR) is 111 cm³/mol. The van der Waals surface area contributed by atoms with Crippen molar-refractivity contribution in [2.45, 2.75) is 32.7 Å². The number of carbonyl (C=O) groups is 1. The Balaban J connectivity index is 1.62. The Labute approximate surface area is 176 Å². The number of carbonyl (C=O) groups excluding carboxylic acids is 1.